The number of ether oxygens (including phenoxy) is 2. The zero-order chi connectivity index (χ0) is 13.8. The molecule has 0 N–H and O–H groups in total. The van der Waals surface area contributed by atoms with Gasteiger partial charge in [-0.3, -0.25) is 0 Å². The number of methoxy groups -OCH3 is 2. The topological polar surface area (TPSA) is 53.4 Å². The Labute approximate surface area is 111 Å². The van der Waals surface area contributed by atoms with E-state index >= 15 is 0 Å². The van der Waals surface area contributed by atoms with Crippen LogP contribution in [0.15, 0.2) is 30.3 Å². The average molecular weight is 260 g/mol. The lowest BCUT2D eigenvalue weighted by Crippen LogP contribution is -2.06. The van der Waals surface area contributed by atoms with Crippen molar-refractivity contribution < 1.29 is 14.3 Å². The van der Waals surface area contributed by atoms with Gasteiger partial charge in [-0.15, -0.1) is 0 Å². The molecule has 19 heavy (non-hydrogen) atoms. The van der Waals surface area contributed by atoms with Gasteiger partial charge < -0.3 is 9.47 Å². The number of aryl methyl sites for hydroxylation is 1. The second-order valence-electron chi connectivity index (χ2n) is 4.14. The summed E-state index contributed by atoms with van der Waals surface area (Å²) >= 11 is 0. The van der Waals surface area contributed by atoms with Crippen LogP contribution in [0.2, 0.25) is 0 Å². The molecule has 0 spiro atoms. The molecule has 0 saturated heterocycles. The second kappa shape index (κ2) is 5.67. The second-order valence-corrected chi connectivity index (χ2v) is 4.14. The highest BCUT2D eigenvalue weighted by Crippen LogP contribution is 2.17. The fraction of sp³-hybridized carbons (Fsp3) is 0.286. The molecule has 2 rings (SSSR count). The third kappa shape index (κ3) is 2.66. The highest BCUT2D eigenvalue weighted by atomic mass is 16.5. The number of para-hydroxylation sites is 1. The predicted molar refractivity (Wildman–Crippen MR) is 70.4 cm³/mol. The lowest BCUT2D eigenvalue weighted by molar-refractivity contribution is 0.0593. The van der Waals surface area contributed by atoms with E-state index in [1.807, 2.05) is 31.2 Å². The minimum atomic E-state index is -0.454. The Balaban J connectivity index is 2.52. The van der Waals surface area contributed by atoms with E-state index in [4.69, 9.17) is 9.47 Å². The standard InChI is InChI=1S/C14H16N2O3/c1-10-6-4-5-7-13(10)16-11(9-18-2)8-12(15-16)14(17)19-3/h4-8H,9H2,1-3H3. The molecule has 0 fully saturated rings. The Bertz CT molecular complexity index is 590. The van der Waals surface area contributed by atoms with Crippen LogP contribution in [0, 0.1) is 6.92 Å². The first-order valence-corrected chi connectivity index (χ1v) is 5.89. The van der Waals surface area contributed by atoms with E-state index in [9.17, 15) is 4.79 Å². The number of nitrogens with zero attached hydrogens (tertiary/aromatic N) is 2. The molecule has 100 valence electrons. The fourth-order valence-electron chi connectivity index (χ4n) is 1.88. The van der Waals surface area contributed by atoms with Gasteiger partial charge in [0.25, 0.3) is 0 Å². The maximum absolute atomic E-state index is 11.6. The summed E-state index contributed by atoms with van der Waals surface area (Å²) in [5.74, 6) is -0.454. The number of carbonyl (C=O) groups excluding carboxylic acids is 1. The molecular weight excluding hydrogens is 244 g/mol. The zero-order valence-corrected chi connectivity index (χ0v) is 11.2. The van der Waals surface area contributed by atoms with Gasteiger partial charge in [0.2, 0.25) is 0 Å². The molecule has 1 aromatic heterocycles. The van der Waals surface area contributed by atoms with Crippen LogP contribution in [-0.2, 0) is 16.1 Å². The van der Waals surface area contributed by atoms with Crippen molar-refractivity contribution in [2.24, 2.45) is 0 Å². The van der Waals surface area contributed by atoms with E-state index in [-0.39, 0.29) is 5.69 Å². The van der Waals surface area contributed by atoms with Gasteiger partial charge in [-0.25, -0.2) is 9.48 Å². The number of benzene rings is 1. The molecular formula is C14H16N2O3. The Kier molecular flexibility index (Phi) is 3.97. The molecule has 5 nitrogen and oxygen atoms in total. The van der Waals surface area contributed by atoms with Crippen LogP contribution < -0.4 is 0 Å². The van der Waals surface area contributed by atoms with Crippen LogP contribution >= 0.6 is 0 Å². The number of hydrogen-bond acceptors (Lipinski definition) is 4. The smallest absolute Gasteiger partial charge is 0.358 e. The Morgan fingerprint density at radius 1 is 1.32 bits per heavy atom. The number of rotatable bonds is 4. The minimum Gasteiger partial charge on any atom is -0.464 e. The highest BCUT2D eigenvalue weighted by molar-refractivity contribution is 5.87. The van der Waals surface area contributed by atoms with Gasteiger partial charge in [0, 0.05) is 7.11 Å². The van der Waals surface area contributed by atoms with Gasteiger partial charge in [-0.1, -0.05) is 18.2 Å². The quantitative estimate of drug-likeness (QED) is 0.790. The molecule has 0 unspecified atom stereocenters. The summed E-state index contributed by atoms with van der Waals surface area (Å²) in [5.41, 5.74) is 3.07. The molecule has 0 amide bonds. The number of aromatic nitrogens is 2. The first kappa shape index (κ1) is 13.3. The summed E-state index contributed by atoms with van der Waals surface area (Å²) in [7, 11) is 2.94. The van der Waals surface area contributed by atoms with Crippen molar-refractivity contribution in [3.8, 4) is 5.69 Å². The van der Waals surface area contributed by atoms with Gasteiger partial charge in [-0.2, -0.15) is 5.10 Å². The van der Waals surface area contributed by atoms with E-state index in [1.165, 1.54) is 7.11 Å². The predicted octanol–water partition coefficient (Wildman–Crippen LogP) is 2.11. The minimum absolute atomic E-state index is 0.276. The van der Waals surface area contributed by atoms with Crippen molar-refractivity contribution in [2.75, 3.05) is 14.2 Å². The highest BCUT2D eigenvalue weighted by Gasteiger charge is 2.16. The first-order chi connectivity index (χ1) is 9.17. The maximum atomic E-state index is 11.6. The normalized spacial score (nSPS) is 10.5. The van der Waals surface area contributed by atoms with Crippen LogP contribution in [0.5, 0.6) is 0 Å². The van der Waals surface area contributed by atoms with Crippen LogP contribution in [-0.4, -0.2) is 30.0 Å². The van der Waals surface area contributed by atoms with E-state index in [0.29, 0.717) is 6.61 Å². The molecule has 0 aliphatic heterocycles. The van der Waals surface area contributed by atoms with Crippen molar-refractivity contribution in [1.82, 2.24) is 9.78 Å². The van der Waals surface area contributed by atoms with Crippen molar-refractivity contribution >= 4 is 5.97 Å². The summed E-state index contributed by atoms with van der Waals surface area (Å²) in [6.45, 7) is 2.36. The summed E-state index contributed by atoms with van der Waals surface area (Å²) in [6, 6.07) is 9.51. The molecule has 5 heteroatoms. The Hall–Kier alpha value is -2.14. The molecule has 1 aromatic carbocycles. The first-order valence-electron chi connectivity index (χ1n) is 5.89. The van der Waals surface area contributed by atoms with Crippen molar-refractivity contribution in [3.63, 3.8) is 0 Å². The van der Waals surface area contributed by atoms with Gasteiger partial charge >= 0.3 is 5.97 Å². The van der Waals surface area contributed by atoms with Gasteiger partial charge in [0.1, 0.15) is 0 Å². The molecule has 0 aliphatic carbocycles. The monoisotopic (exact) mass is 260 g/mol. The summed E-state index contributed by atoms with van der Waals surface area (Å²) < 4.78 is 11.6. The summed E-state index contributed by atoms with van der Waals surface area (Å²) in [5, 5.41) is 4.29. The molecule has 0 aliphatic rings. The SMILES string of the molecule is COCc1cc(C(=O)OC)nn1-c1ccccc1C. The van der Waals surface area contributed by atoms with E-state index in [2.05, 4.69) is 5.10 Å². The van der Waals surface area contributed by atoms with Crippen LogP contribution in [0.4, 0.5) is 0 Å². The van der Waals surface area contributed by atoms with Crippen LogP contribution in [0.1, 0.15) is 21.7 Å². The number of carbonyl (C=O) groups is 1. The molecule has 1 heterocycles. The molecule has 2 aromatic rings. The zero-order valence-electron chi connectivity index (χ0n) is 11.2. The van der Waals surface area contributed by atoms with Crippen molar-refractivity contribution in [2.45, 2.75) is 13.5 Å². The van der Waals surface area contributed by atoms with E-state index < -0.39 is 5.97 Å². The molecule has 0 atom stereocenters. The fourth-order valence-corrected chi connectivity index (χ4v) is 1.88. The number of hydrogen-bond donors (Lipinski definition) is 0. The third-order valence-electron chi connectivity index (χ3n) is 2.81. The lowest BCUT2D eigenvalue weighted by Gasteiger charge is -2.09. The van der Waals surface area contributed by atoms with Crippen LogP contribution in [0.25, 0.3) is 5.69 Å². The van der Waals surface area contributed by atoms with Crippen LogP contribution in [0.3, 0.4) is 0 Å². The van der Waals surface area contributed by atoms with E-state index in [1.54, 1.807) is 17.9 Å². The Morgan fingerprint density at radius 3 is 2.68 bits per heavy atom. The van der Waals surface area contributed by atoms with Crippen molar-refractivity contribution in [1.29, 1.82) is 0 Å². The van der Waals surface area contributed by atoms with Gasteiger partial charge in [0.15, 0.2) is 5.69 Å². The largest absolute Gasteiger partial charge is 0.464 e. The molecule has 0 bridgehead atoms. The Morgan fingerprint density at radius 2 is 2.05 bits per heavy atom. The number of esters is 1. The third-order valence-corrected chi connectivity index (χ3v) is 2.81. The van der Waals surface area contributed by atoms with Gasteiger partial charge in [-0.05, 0) is 24.6 Å². The summed E-state index contributed by atoms with van der Waals surface area (Å²) in [4.78, 5) is 11.6. The van der Waals surface area contributed by atoms with E-state index in [0.717, 1.165) is 16.9 Å². The lowest BCUT2D eigenvalue weighted by atomic mass is 10.2. The maximum Gasteiger partial charge on any atom is 0.358 e. The summed E-state index contributed by atoms with van der Waals surface area (Å²) in [6.07, 6.45) is 0. The molecule has 0 radical (unpaired) electrons. The average Bonchev–Trinajstić information content (AvgIpc) is 2.83. The van der Waals surface area contributed by atoms with Crippen molar-refractivity contribution in [3.05, 3.63) is 47.3 Å². The van der Waals surface area contributed by atoms with Gasteiger partial charge in [0.05, 0.1) is 25.1 Å². The molecule has 0 saturated carbocycles.